The highest BCUT2D eigenvalue weighted by atomic mass is 16.4. The average Bonchev–Trinajstić information content (AvgIpc) is 3.03. The first-order chi connectivity index (χ1) is 13.7. The van der Waals surface area contributed by atoms with Crippen LogP contribution in [0.2, 0.25) is 0 Å². The molecule has 2 N–H and O–H groups in total. The molecule has 0 amide bonds. The van der Waals surface area contributed by atoms with Crippen LogP contribution in [-0.4, -0.2) is 22.3 Å². The molecule has 0 bridgehead atoms. The molecule has 0 aromatic carbocycles. The number of aliphatic hydroxyl groups excluding tert-OH is 1. The Kier molecular flexibility index (Phi) is 5.86. The molecule has 4 aliphatic carbocycles. The highest BCUT2D eigenvalue weighted by molar-refractivity contribution is 5.66. The number of carboxylic acid groups (broad SMARTS) is 1. The van der Waals surface area contributed by atoms with Crippen LogP contribution in [0.15, 0.2) is 0 Å². The summed E-state index contributed by atoms with van der Waals surface area (Å²) in [7, 11) is 0. The third-order valence-electron chi connectivity index (χ3n) is 10.9. The van der Waals surface area contributed by atoms with E-state index in [-0.39, 0.29) is 6.10 Å². The van der Waals surface area contributed by atoms with Crippen LogP contribution in [0.4, 0.5) is 0 Å². The Morgan fingerprint density at radius 2 is 1.69 bits per heavy atom. The molecule has 4 fully saturated rings. The van der Waals surface area contributed by atoms with Crippen LogP contribution >= 0.6 is 0 Å². The molecule has 3 heteroatoms. The molecule has 29 heavy (non-hydrogen) atoms. The second-order valence-electron chi connectivity index (χ2n) is 12.0. The number of aliphatic carboxylic acids is 1. The number of hydrogen-bond donors (Lipinski definition) is 2. The van der Waals surface area contributed by atoms with Crippen molar-refractivity contribution >= 4 is 5.97 Å². The maximum atomic E-state index is 11.1. The Morgan fingerprint density at radius 1 is 1.00 bits per heavy atom. The predicted molar refractivity (Wildman–Crippen MR) is 116 cm³/mol. The van der Waals surface area contributed by atoms with Gasteiger partial charge in [-0.3, -0.25) is 4.79 Å². The van der Waals surface area contributed by atoms with Crippen molar-refractivity contribution in [1.82, 2.24) is 0 Å². The molecule has 0 radical (unpaired) electrons. The van der Waals surface area contributed by atoms with E-state index in [9.17, 15) is 9.90 Å². The summed E-state index contributed by atoms with van der Waals surface area (Å²) in [6.07, 6.45) is 12.4. The minimum absolute atomic E-state index is 0.0709. The summed E-state index contributed by atoms with van der Waals surface area (Å²) in [5.41, 5.74) is 0.839. The first-order valence-electron chi connectivity index (χ1n) is 12.6. The highest BCUT2D eigenvalue weighted by Gasteiger charge is 2.62. The van der Waals surface area contributed by atoms with Gasteiger partial charge in [-0.15, -0.1) is 0 Å². The average molecular weight is 405 g/mol. The Hall–Kier alpha value is -0.570. The maximum Gasteiger partial charge on any atom is 0.303 e. The van der Waals surface area contributed by atoms with Crippen molar-refractivity contribution < 1.29 is 15.0 Å². The van der Waals surface area contributed by atoms with Crippen molar-refractivity contribution in [2.24, 2.45) is 52.3 Å². The third-order valence-corrected chi connectivity index (χ3v) is 10.9. The fourth-order valence-electron chi connectivity index (χ4n) is 9.46. The van der Waals surface area contributed by atoms with Gasteiger partial charge in [-0.2, -0.15) is 0 Å². The lowest BCUT2D eigenvalue weighted by Crippen LogP contribution is -2.56. The van der Waals surface area contributed by atoms with E-state index in [1.165, 1.54) is 44.9 Å². The molecule has 0 aliphatic heterocycles. The molecule has 0 spiro atoms. The van der Waals surface area contributed by atoms with Crippen LogP contribution < -0.4 is 0 Å². The second-order valence-corrected chi connectivity index (χ2v) is 12.0. The summed E-state index contributed by atoms with van der Waals surface area (Å²) >= 11 is 0. The van der Waals surface area contributed by atoms with Crippen LogP contribution in [-0.2, 0) is 4.79 Å². The molecule has 3 nitrogen and oxygen atoms in total. The zero-order chi connectivity index (χ0) is 21.0. The fourth-order valence-corrected chi connectivity index (χ4v) is 9.46. The summed E-state index contributed by atoms with van der Waals surface area (Å²) in [4.78, 5) is 11.1. The van der Waals surface area contributed by atoms with Gasteiger partial charge in [0.2, 0.25) is 0 Å². The Balaban J connectivity index is 1.57. The lowest BCUT2D eigenvalue weighted by atomic mass is 9.42. The Labute approximate surface area is 178 Å². The number of fused-ring (bicyclic) bond motifs is 5. The zero-order valence-electron chi connectivity index (χ0n) is 19.2. The summed E-state index contributed by atoms with van der Waals surface area (Å²) in [6.45, 7) is 9.86. The van der Waals surface area contributed by atoms with Gasteiger partial charge in [0, 0.05) is 6.42 Å². The van der Waals surface area contributed by atoms with E-state index in [1.54, 1.807) is 0 Å². The van der Waals surface area contributed by atoms with Gasteiger partial charge in [0.1, 0.15) is 0 Å². The molecular weight excluding hydrogens is 360 g/mol. The van der Waals surface area contributed by atoms with Crippen molar-refractivity contribution in [1.29, 1.82) is 0 Å². The minimum Gasteiger partial charge on any atom is -0.481 e. The molecular formula is C26H44O3. The van der Waals surface area contributed by atoms with Crippen LogP contribution in [0.5, 0.6) is 0 Å². The van der Waals surface area contributed by atoms with Crippen molar-refractivity contribution in [3.63, 3.8) is 0 Å². The van der Waals surface area contributed by atoms with Crippen LogP contribution in [0, 0.1) is 52.3 Å². The van der Waals surface area contributed by atoms with Crippen molar-refractivity contribution in [2.45, 2.75) is 104 Å². The summed E-state index contributed by atoms with van der Waals surface area (Å²) in [6, 6.07) is 0. The van der Waals surface area contributed by atoms with E-state index in [4.69, 9.17) is 5.11 Å². The lowest BCUT2D eigenvalue weighted by Gasteiger charge is -2.63. The van der Waals surface area contributed by atoms with Crippen molar-refractivity contribution in [3.05, 3.63) is 0 Å². The predicted octanol–water partition coefficient (Wildman–Crippen LogP) is 6.14. The number of hydrogen-bond acceptors (Lipinski definition) is 2. The standard InChI is InChI=1S/C26H44O3/c1-5-17-14-19-21-8-7-20(16(2)6-9-24(28)29)25(21,3)13-11-22(19)26(4)12-10-18(27)15-23(17)26/h16-23,27H,5-15H2,1-4H3,(H,28,29)/t16-,17+,18-,19?,20?,21?,22?,23?,25?,26?/m1/s1. The highest BCUT2D eigenvalue weighted by Crippen LogP contribution is 2.69. The van der Waals surface area contributed by atoms with Gasteiger partial charge in [-0.05, 0) is 110 Å². The topological polar surface area (TPSA) is 57.5 Å². The van der Waals surface area contributed by atoms with E-state index in [0.717, 1.165) is 42.9 Å². The second kappa shape index (κ2) is 7.84. The molecule has 0 saturated heterocycles. The van der Waals surface area contributed by atoms with E-state index >= 15 is 0 Å². The molecule has 166 valence electrons. The van der Waals surface area contributed by atoms with Crippen LogP contribution in [0.3, 0.4) is 0 Å². The van der Waals surface area contributed by atoms with Crippen molar-refractivity contribution in [2.75, 3.05) is 0 Å². The molecule has 7 unspecified atom stereocenters. The minimum atomic E-state index is -0.642. The van der Waals surface area contributed by atoms with E-state index in [0.29, 0.717) is 35.0 Å². The molecule has 0 aromatic heterocycles. The van der Waals surface area contributed by atoms with Crippen LogP contribution in [0.1, 0.15) is 98.3 Å². The quantitative estimate of drug-likeness (QED) is 0.578. The van der Waals surface area contributed by atoms with Crippen LogP contribution in [0.25, 0.3) is 0 Å². The summed E-state index contributed by atoms with van der Waals surface area (Å²) in [5.74, 6) is 4.60. The number of carboxylic acids is 1. The molecule has 0 aromatic rings. The van der Waals surface area contributed by atoms with E-state index in [2.05, 4.69) is 27.7 Å². The Bertz CT molecular complexity index is 617. The first-order valence-corrected chi connectivity index (χ1v) is 12.6. The molecule has 4 aliphatic rings. The smallest absolute Gasteiger partial charge is 0.303 e. The van der Waals surface area contributed by atoms with E-state index in [1.807, 2.05) is 0 Å². The van der Waals surface area contributed by atoms with Gasteiger partial charge in [0.15, 0.2) is 0 Å². The zero-order valence-corrected chi connectivity index (χ0v) is 19.2. The number of carbonyl (C=O) groups is 1. The Morgan fingerprint density at radius 3 is 2.38 bits per heavy atom. The first kappa shape index (κ1) is 21.7. The van der Waals surface area contributed by atoms with Gasteiger partial charge in [-0.25, -0.2) is 0 Å². The van der Waals surface area contributed by atoms with Gasteiger partial charge >= 0.3 is 5.97 Å². The number of rotatable bonds is 5. The van der Waals surface area contributed by atoms with Gasteiger partial charge in [0.05, 0.1) is 6.10 Å². The summed E-state index contributed by atoms with van der Waals surface area (Å²) in [5, 5.41) is 19.6. The van der Waals surface area contributed by atoms with Gasteiger partial charge in [-0.1, -0.05) is 34.1 Å². The SMILES string of the molecule is CC[C@H]1CC2C(CCC3(C)C2CCC3[C@H](C)CCC(=O)O)C2(C)CC[C@@H](O)CC12. The van der Waals surface area contributed by atoms with E-state index < -0.39 is 5.97 Å². The van der Waals surface area contributed by atoms with Gasteiger partial charge in [0.25, 0.3) is 0 Å². The fraction of sp³-hybridized carbons (Fsp3) is 0.962. The lowest BCUT2D eigenvalue weighted by molar-refractivity contribution is -0.152. The maximum absolute atomic E-state index is 11.1. The van der Waals surface area contributed by atoms with Crippen molar-refractivity contribution in [3.8, 4) is 0 Å². The normalized spacial score (nSPS) is 50.3. The molecule has 4 rings (SSSR count). The molecule has 10 atom stereocenters. The third kappa shape index (κ3) is 3.48. The monoisotopic (exact) mass is 404 g/mol. The molecule has 4 saturated carbocycles. The summed E-state index contributed by atoms with van der Waals surface area (Å²) < 4.78 is 0. The number of aliphatic hydroxyl groups is 1. The van der Waals surface area contributed by atoms with Gasteiger partial charge < -0.3 is 10.2 Å². The molecule has 0 heterocycles. The largest absolute Gasteiger partial charge is 0.481 e.